The van der Waals surface area contributed by atoms with Gasteiger partial charge in [-0.2, -0.15) is 5.10 Å². The predicted octanol–water partition coefficient (Wildman–Crippen LogP) is 2.74. The first kappa shape index (κ1) is 20.6. The third-order valence-electron chi connectivity index (χ3n) is 5.18. The van der Waals surface area contributed by atoms with Crippen LogP contribution in [0.4, 0.5) is 0 Å². The molecule has 0 fully saturated rings. The molecule has 0 saturated heterocycles. The van der Waals surface area contributed by atoms with E-state index in [0.717, 1.165) is 36.8 Å². The van der Waals surface area contributed by atoms with E-state index >= 15 is 0 Å². The van der Waals surface area contributed by atoms with Gasteiger partial charge in [-0.3, -0.25) is 4.99 Å². The van der Waals surface area contributed by atoms with Gasteiger partial charge in [0.05, 0.1) is 17.6 Å². The number of nitrogens with one attached hydrogen (secondary N) is 2. The Labute approximate surface area is 182 Å². The van der Waals surface area contributed by atoms with Crippen LogP contribution in [0.2, 0.25) is 0 Å². The average molecular weight is 417 g/mol. The Morgan fingerprint density at radius 3 is 2.77 bits per heavy atom. The largest absolute Gasteiger partial charge is 0.356 e. The average Bonchev–Trinajstić information content (AvgIpc) is 3.40. The minimum Gasteiger partial charge on any atom is -0.356 e. The zero-order chi connectivity index (χ0) is 21.5. The van der Waals surface area contributed by atoms with Crippen molar-refractivity contribution in [1.82, 2.24) is 34.9 Å². The van der Waals surface area contributed by atoms with E-state index in [4.69, 9.17) is 0 Å². The van der Waals surface area contributed by atoms with Gasteiger partial charge in [-0.05, 0) is 36.6 Å². The minimum absolute atomic E-state index is 0.705. The van der Waals surface area contributed by atoms with E-state index in [-0.39, 0.29) is 0 Å². The highest BCUT2D eigenvalue weighted by atomic mass is 15.3. The Balaban J connectivity index is 1.25. The summed E-state index contributed by atoms with van der Waals surface area (Å²) in [5.74, 6) is 1.85. The number of rotatable bonds is 8. The van der Waals surface area contributed by atoms with Crippen molar-refractivity contribution in [2.24, 2.45) is 4.99 Å². The van der Waals surface area contributed by atoms with Crippen LogP contribution in [0.1, 0.15) is 23.4 Å². The molecule has 2 N–H and O–H groups in total. The number of hydrogen-bond acceptors (Lipinski definition) is 4. The maximum atomic E-state index is 4.63. The topological polar surface area (TPSA) is 85.0 Å². The molecule has 160 valence electrons. The number of hydrogen-bond donors (Lipinski definition) is 2. The van der Waals surface area contributed by atoms with Gasteiger partial charge in [0.25, 0.3) is 0 Å². The van der Waals surface area contributed by atoms with Crippen molar-refractivity contribution in [3.8, 4) is 0 Å². The van der Waals surface area contributed by atoms with Crippen LogP contribution in [0.15, 0.2) is 66.2 Å². The molecule has 0 spiro atoms. The lowest BCUT2D eigenvalue weighted by atomic mass is 10.1. The van der Waals surface area contributed by atoms with Crippen LogP contribution < -0.4 is 10.6 Å². The fourth-order valence-electron chi connectivity index (χ4n) is 3.67. The number of aliphatic imine (C=N–C) groups is 1. The molecule has 0 atom stereocenters. The fourth-order valence-corrected chi connectivity index (χ4v) is 3.67. The second kappa shape index (κ2) is 9.88. The van der Waals surface area contributed by atoms with Gasteiger partial charge in [-0.15, -0.1) is 0 Å². The van der Waals surface area contributed by atoms with Gasteiger partial charge < -0.3 is 15.2 Å². The molecular formula is C23H28N8. The first-order valence-corrected chi connectivity index (χ1v) is 10.5. The summed E-state index contributed by atoms with van der Waals surface area (Å²) in [6.45, 7) is 5.23. The van der Waals surface area contributed by atoms with Gasteiger partial charge in [0.1, 0.15) is 18.5 Å². The monoisotopic (exact) mass is 416 g/mol. The Morgan fingerprint density at radius 2 is 1.94 bits per heavy atom. The van der Waals surface area contributed by atoms with E-state index in [1.165, 1.54) is 16.6 Å². The molecule has 2 heterocycles. The summed E-state index contributed by atoms with van der Waals surface area (Å²) in [6, 6.07) is 16.7. The van der Waals surface area contributed by atoms with E-state index in [9.17, 15) is 0 Å². The van der Waals surface area contributed by atoms with Crippen LogP contribution in [0.5, 0.6) is 0 Å². The van der Waals surface area contributed by atoms with Crippen LogP contribution in [0, 0.1) is 6.92 Å². The first-order chi connectivity index (χ1) is 15.2. The van der Waals surface area contributed by atoms with Crippen molar-refractivity contribution in [2.45, 2.75) is 33.0 Å². The van der Waals surface area contributed by atoms with Crippen molar-refractivity contribution in [1.29, 1.82) is 0 Å². The number of benzene rings is 2. The Hall–Kier alpha value is -3.68. The summed E-state index contributed by atoms with van der Waals surface area (Å²) in [5.41, 5.74) is 4.63. The molecule has 8 nitrogen and oxygen atoms in total. The second-order valence-electron chi connectivity index (χ2n) is 7.42. The Kier molecular flexibility index (Phi) is 6.56. The number of aromatic nitrogens is 5. The standard InChI is InChI=1S/C23H28N8/c1-18-29-21-9-3-4-10-22(21)31(18)12-6-11-26-23(24-2)27-14-19-7-5-8-20(13-19)15-30-17-25-16-28-30/h3-5,7-10,13,16-17H,6,11-12,14-15H2,1-2H3,(H2,24,26,27). The van der Waals surface area contributed by atoms with Crippen molar-refractivity contribution < 1.29 is 0 Å². The smallest absolute Gasteiger partial charge is 0.191 e. The lowest BCUT2D eigenvalue weighted by molar-refractivity contribution is 0.624. The molecule has 0 amide bonds. The molecule has 31 heavy (non-hydrogen) atoms. The highest BCUT2D eigenvalue weighted by Crippen LogP contribution is 2.15. The number of aryl methyl sites for hydroxylation is 2. The quantitative estimate of drug-likeness (QED) is 0.262. The lowest BCUT2D eigenvalue weighted by Crippen LogP contribution is -2.37. The van der Waals surface area contributed by atoms with Crippen LogP contribution in [0.3, 0.4) is 0 Å². The van der Waals surface area contributed by atoms with Gasteiger partial charge in [-0.25, -0.2) is 14.6 Å². The second-order valence-corrected chi connectivity index (χ2v) is 7.42. The SMILES string of the molecule is CN=C(NCCCn1c(C)nc2ccccc21)NCc1cccc(Cn2cncn2)c1. The Bertz CT molecular complexity index is 1140. The van der Waals surface area contributed by atoms with Crippen LogP contribution >= 0.6 is 0 Å². The van der Waals surface area contributed by atoms with Crippen molar-refractivity contribution in [3.05, 3.63) is 78.1 Å². The highest BCUT2D eigenvalue weighted by Gasteiger charge is 2.06. The third-order valence-corrected chi connectivity index (χ3v) is 5.18. The highest BCUT2D eigenvalue weighted by molar-refractivity contribution is 5.79. The summed E-state index contributed by atoms with van der Waals surface area (Å²) in [6.07, 6.45) is 4.26. The molecule has 8 heteroatoms. The summed E-state index contributed by atoms with van der Waals surface area (Å²) >= 11 is 0. The number of para-hydroxylation sites is 2. The number of nitrogens with zero attached hydrogens (tertiary/aromatic N) is 6. The molecule has 0 saturated carbocycles. The normalized spacial score (nSPS) is 11.7. The lowest BCUT2D eigenvalue weighted by Gasteiger charge is -2.13. The first-order valence-electron chi connectivity index (χ1n) is 10.5. The van der Waals surface area contributed by atoms with Gasteiger partial charge in [0.2, 0.25) is 0 Å². The summed E-state index contributed by atoms with van der Waals surface area (Å²) < 4.78 is 4.09. The van der Waals surface area contributed by atoms with Gasteiger partial charge in [0.15, 0.2) is 5.96 Å². The summed E-state index contributed by atoms with van der Waals surface area (Å²) in [5, 5.41) is 11.0. The maximum absolute atomic E-state index is 4.63. The zero-order valence-electron chi connectivity index (χ0n) is 18.0. The molecule has 4 rings (SSSR count). The number of fused-ring (bicyclic) bond motifs is 1. The molecule has 0 unspecified atom stereocenters. The van der Waals surface area contributed by atoms with Gasteiger partial charge in [0, 0.05) is 26.7 Å². The van der Waals surface area contributed by atoms with Crippen molar-refractivity contribution in [3.63, 3.8) is 0 Å². The van der Waals surface area contributed by atoms with E-state index in [1.54, 1.807) is 19.7 Å². The van der Waals surface area contributed by atoms with Crippen LogP contribution in [0.25, 0.3) is 11.0 Å². The Morgan fingerprint density at radius 1 is 1.06 bits per heavy atom. The minimum atomic E-state index is 0.705. The summed E-state index contributed by atoms with van der Waals surface area (Å²) in [7, 11) is 1.80. The molecular weight excluding hydrogens is 388 g/mol. The molecule has 0 radical (unpaired) electrons. The molecule has 0 aliphatic rings. The maximum Gasteiger partial charge on any atom is 0.191 e. The van der Waals surface area contributed by atoms with E-state index in [2.05, 4.69) is 84.6 Å². The fraction of sp³-hybridized carbons (Fsp3) is 0.304. The van der Waals surface area contributed by atoms with Gasteiger partial charge in [-0.1, -0.05) is 36.4 Å². The molecule has 4 aromatic rings. The number of imidazole rings is 1. The molecule has 2 aromatic heterocycles. The van der Waals surface area contributed by atoms with Crippen LogP contribution in [-0.4, -0.2) is 43.9 Å². The molecule has 0 aliphatic carbocycles. The molecule has 2 aromatic carbocycles. The molecule has 0 aliphatic heterocycles. The van der Waals surface area contributed by atoms with E-state index < -0.39 is 0 Å². The number of guanidine groups is 1. The van der Waals surface area contributed by atoms with Gasteiger partial charge >= 0.3 is 0 Å². The van der Waals surface area contributed by atoms with Crippen molar-refractivity contribution >= 4 is 17.0 Å². The predicted molar refractivity (Wildman–Crippen MR) is 123 cm³/mol. The third kappa shape index (κ3) is 5.28. The van der Waals surface area contributed by atoms with Crippen LogP contribution in [-0.2, 0) is 19.6 Å². The molecule has 0 bridgehead atoms. The summed E-state index contributed by atoms with van der Waals surface area (Å²) in [4.78, 5) is 13.0. The van der Waals surface area contributed by atoms with Crippen molar-refractivity contribution in [2.75, 3.05) is 13.6 Å². The zero-order valence-corrected chi connectivity index (χ0v) is 18.0. The van der Waals surface area contributed by atoms with E-state index in [1.807, 2.05) is 10.7 Å². The van der Waals surface area contributed by atoms with E-state index in [0.29, 0.717) is 13.1 Å².